The van der Waals surface area contributed by atoms with Crippen molar-refractivity contribution in [1.82, 2.24) is 4.72 Å². The van der Waals surface area contributed by atoms with Gasteiger partial charge in [0.05, 0.1) is 11.1 Å². The Balaban J connectivity index is 1.50. The minimum Gasteiger partial charge on any atom is -0.454 e. The number of alkyl halides is 2. The number of anilines is 1. The first kappa shape index (κ1) is 22.2. The first-order chi connectivity index (χ1) is 16.1. The topological polar surface area (TPSA) is 98.3 Å². The van der Waals surface area contributed by atoms with Crippen molar-refractivity contribution >= 4 is 33.3 Å². The summed E-state index contributed by atoms with van der Waals surface area (Å²) in [4.78, 5) is 4.29. The largest absolute Gasteiger partial charge is 0.586 e. The lowest BCUT2D eigenvalue weighted by atomic mass is 10.1. The summed E-state index contributed by atoms with van der Waals surface area (Å²) in [5.74, 6) is 0.116. The molecular weight excluding hydrogens is 492 g/mol. The van der Waals surface area contributed by atoms with Crippen LogP contribution in [0.25, 0.3) is 0 Å². The molecule has 5 rings (SSSR count). The van der Waals surface area contributed by atoms with Crippen molar-refractivity contribution in [2.45, 2.75) is 24.2 Å². The number of rotatable bonds is 4. The highest BCUT2D eigenvalue weighted by Gasteiger charge is 2.45. The van der Waals surface area contributed by atoms with E-state index in [1.807, 2.05) is 0 Å². The molecule has 0 radical (unpaired) electrons. The number of guanidine groups is 1. The van der Waals surface area contributed by atoms with Gasteiger partial charge >= 0.3 is 6.29 Å². The van der Waals surface area contributed by atoms with Crippen LogP contribution in [0.4, 0.5) is 14.5 Å². The smallest absolute Gasteiger partial charge is 0.454 e. The molecule has 1 unspecified atom stereocenters. The quantitative estimate of drug-likeness (QED) is 0.499. The number of para-hydroxylation sites is 3. The fourth-order valence-corrected chi connectivity index (χ4v) is 4.88. The molecule has 2 N–H and O–H groups in total. The van der Waals surface area contributed by atoms with Gasteiger partial charge in [-0.25, -0.2) is 18.1 Å². The maximum atomic E-state index is 13.6. The number of nitrogens with zero attached hydrogens (tertiary/aromatic N) is 1. The second-order valence-corrected chi connectivity index (χ2v) is 9.45. The highest BCUT2D eigenvalue weighted by Crippen LogP contribution is 2.46. The Morgan fingerprint density at radius 2 is 1.76 bits per heavy atom. The van der Waals surface area contributed by atoms with Gasteiger partial charge in [0.25, 0.3) is 10.0 Å². The molecule has 1 atom stereocenters. The molecule has 0 aromatic heterocycles. The summed E-state index contributed by atoms with van der Waals surface area (Å²) in [6, 6.07) is 14.9. The van der Waals surface area contributed by atoms with Crippen molar-refractivity contribution in [3.05, 3.63) is 71.2 Å². The molecular formula is C22H16ClF2N3O5S. The summed E-state index contributed by atoms with van der Waals surface area (Å²) in [6.07, 6.45) is -3.79. The zero-order chi connectivity index (χ0) is 24.1. The standard InChI is InChI=1S/C22H16ClF2N3O5S/c1-12(13-6-4-10-17-20(13)33-22(24,25)32-17)26-21-27-19-16(31-15-8-3-2-7-14(15)23)9-5-11-18(19)34(29,30)28-21/h2-12H,1H3,(H2,26,27,28). The summed E-state index contributed by atoms with van der Waals surface area (Å²) in [5, 5.41) is 3.26. The molecule has 0 amide bonds. The van der Waals surface area contributed by atoms with Gasteiger partial charge in [0.1, 0.15) is 16.3 Å². The molecule has 2 aliphatic heterocycles. The first-order valence-corrected chi connectivity index (χ1v) is 11.8. The molecule has 3 aromatic carbocycles. The van der Waals surface area contributed by atoms with E-state index in [-0.39, 0.29) is 39.4 Å². The van der Waals surface area contributed by atoms with Crippen LogP contribution in [0, 0.1) is 0 Å². The van der Waals surface area contributed by atoms with Crippen LogP contribution in [0.3, 0.4) is 0 Å². The number of hydrogen-bond acceptors (Lipinski definition) is 6. The van der Waals surface area contributed by atoms with Crippen LogP contribution < -0.4 is 24.2 Å². The van der Waals surface area contributed by atoms with E-state index in [1.165, 1.54) is 30.3 Å². The second-order valence-electron chi connectivity index (χ2n) is 7.39. The Kier molecular flexibility index (Phi) is 5.25. The molecule has 8 nitrogen and oxygen atoms in total. The van der Waals surface area contributed by atoms with Crippen LogP contribution in [0.5, 0.6) is 23.0 Å². The van der Waals surface area contributed by atoms with Crippen molar-refractivity contribution < 1.29 is 31.4 Å². The van der Waals surface area contributed by atoms with E-state index in [0.29, 0.717) is 10.8 Å². The molecule has 0 bridgehead atoms. The van der Waals surface area contributed by atoms with E-state index >= 15 is 0 Å². The Morgan fingerprint density at radius 3 is 2.56 bits per heavy atom. The van der Waals surface area contributed by atoms with Gasteiger partial charge in [-0.2, -0.15) is 0 Å². The summed E-state index contributed by atoms with van der Waals surface area (Å²) in [7, 11) is -4.01. The summed E-state index contributed by atoms with van der Waals surface area (Å²) in [6.45, 7) is 1.60. The zero-order valence-corrected chi connectivity index (χ0v) is 19.0. The van der Waals surface area contributed by atoms with Crippen LogP contribution in [-0.4, -0.2) is 20.7 Å². The van der Waals surface area contributed by atoms with Crippen molar-refractivity contribution in [2.75, 3.05) is 5.32 Å². The summed E-state index contributed by atoms with van der Waals surface area (Å²) >= 11 is 6.17. The van der Waals surface area contributed by atoms with E-state index < -0.39 is 22.4 Å². The third kappa shape index (κ3) is 4.08. The molecule has 12 heteroatoms. The van der Waals surface area contributed by atoms with Gasteiger partial charge < -0.3 is 19.5 Å². The third-order valence-electron chi connectivity index (χ3n) is 5.04. The SMILES string of the molecule is CC(N=C1Nc2c(Oc3ccccc3Cl)cccc2S(=O)(=O)N1)c1cccc2c1OC(F)(F)O2. The lowest BCUT2D eigenvalue weighted by molar-refractivity contribution is -0.287. The number of halogens is 3. The summed E-state index contributed by atoms with van der Waals surface area (Å²) in [5.41, 5.74) is 0.436. The van der Waals surface area contributed by atoms with Gasteiger partial charge in [-0.05, 0) is 37.3 Å². The number of nitrogens with one attached hydrogen (secondary N) is 2. The number of sulfonamides is 1. The average molecular weight is 508 g/mol. The number of fused-ring (bicyclic) bond motifs is 2. The van der Waals surface area contributed by atoms with Crippen LogP contribution in [0.15, 0.2) is 70.6 Å². The van der Waals surface area contributed by atoms with E-state index in [2.05, 4.69) is 24.5 Å². The van der Waals surface area contributed by atoms with Gasteiger partial charge in [0.15, 0.2) is 17.2 Å². The lowest BCUT2D eigenvalue weighted by Crippen LogP contribution is -2.41. The van der Waals surface area contributed by atoms with Gasteiger partial charge in [0, 0.05) is 5.56 Å². The molecule has 0 saturated heterocycles. The van der Waals surface area contributed by atoms with Gasteiger partial charge in [0.2, 0.25) is 5.96 Å². The highest BCUT2D eigenvalue weighted by molar-refractivity contribution is 7.90. The Morgan fingerprint density at radius 1 is 1.03 bits per heavy atom. The van der Waals surface area contributed by atoms with E-state index in [1.54, 1.807) is 37.3 Å². The number of benzene rings is 3. The maximum Gasteiger partial charge on any atom is 0.586 e. The Bertz CT molecular complexity index is 1430. The van der Waals surface area contributed by atoms with Gasteiger partial charge in [-0.15, -0.1) is 8.78 Å². The van der Waals surface area contributed by atoms with Crippen LogP contribution in [0.1, 0.15) is 18.5 Å². The van der Waals surface area contributed by atoms with E-state index in [0.717, 1.165) is 0 Å². The Labute approximate surface area is 198 Å². The fraction of sp³-hybridized carbons (Fsp3) is 0.136. The fourth-order valence-electron chi connectivity index (χ4n) is 3.56. The molecule has 34 heavy (non-hydrogen) atoms. The first-order valence-electron chi connectivity index (χ1n) is 9.95. The predicted molar refractivity (Wildman–Crippen MR) is 120 cm³/mol. The molecule has 0 spiro atoms. The third-order valence-corrected chi connectivity index (χ3v) is 6.73. The number of aliphatic imine (C=N–C) groups is 1. The minimum absolute atomic E-state index is 0.0550. The van der Waals surface area contributed by atoms with E-state index in [4.69, 9.17) is 16.3 Å². The van der Waals surface area contributed by atoms with Gasteiger partial charge in [-0.3, -0.25) is 0 Å². The van der Waals surface area contributed by atoms with E-state index in [9.17, 15) is 17.2 Å². The normalized spacial score (nSPS) is 19.0. The lowest BCUT2D eigenvalue weighted by Gasteiger charge is -2.24. The highest BCUT2D eigenvalue weighted by atomic mass is 35.5. The number of ether oxygens (including phenoxy) is 3. The predicted octanol–water partition coefficient (Wildman–Crippen LogP) is 5.27. The Hall–Kier alpha value is -3.57. The number of hydrogen-bond donors (Lipinski definition) is 2. The van der Waals surface area contributed by atoms with Crippen LogP contribution in [-0.2, 0) is 10.0 Å². The maximum absolute atomic E-state index is 13.6. The monoisotopic (exact) mass is 507 g/mol. The summed E-state index contributed by atoms with van der Waals surface area (Å²) < 4.78 is 70.2. The van der Waals surface area contributed by atoms with Crippen molar-refractivity contribution in [1.29, 1.82) is 0 Å². The molecule has 0 aliphatic carbocycles. The second kappa shape index (κ2) is 8.03. The van der Waals surface area contributed by atoms with Crippen molar-refractivity contribution in [2.24, 2.45) is 4.99 Å². The van der Waals surface area contributed by atoms with Crippen molar-refractivity contribution in [3.63, 3.8) is 0 Å². The van der Waals surface area contributed by atoms with Crippen LogP contribution in [0.2, 0.25) is 5.02 Å². The molecule has 2 heterocycles. The zero-order valence-electron chi connectivity index (χ0n) is 17.4. The molecule has 0 fully saturated rings. The molecule has 3 aromatic rings. The van der Waals surface area contributed by atoms with Crippen molar-refractivity contribution in [3.8, 4) is 23.0 Å². The average Bonchev–Trinajstić information content (AvgIpc) is 3.09. The van der Waals surface area contributed by atoms with Crippen LogP contribution >= 0.6 is 11.6 Å². The molecule has 2 aliphatic rings. The minimum atomic E-state index is -4.01. The molecule has 176 valence electrons. The molecule has 0 saturated carbocycles. The van der Waals surface area contributed by atoms with Gasteiger partial charge in [-0.1, -0.05) is 41.9 Å².